The van der Waals surface area contributed by atoms with Gasteiger partial charge in [-0.3, -0.25) is 4.79 Å². The molecule has 0 spiro atoms. The Hall–Kier alpha value is -2.63. The van der Waals surface area contributed by atoms with Crippen LogP contribution in [0.4, 0.5) is 4.79 Å². The first-order chi connectivity index (χ1) is 15.0. The maximum Gasteiger partial charge on any atom is 0.337 e. The van der Waals surface area contributed by atoms with Gasteiger partial charge in [0, 0.05) is 27.3 Å². The van der Waals surface area contributed by atoms with Crippen molar-refractivity contribution in [3.63, 3.8) is 0 Å². The molecule has 0 aromatic carbocycles. The van der Waals surface area contributed by atoms with E-state index < -0.39 is 12.0 Å². The SMILES string of the molecule is CCOC(=O)C1=C(CSc2nc3scc(-c4cccs4)c3c(=O)[nH]2)NC(=O)NC1CC. The first kappa shape index (κ1) is 21.6. The number of esters is 1. The maximum atomic E-state index is 12.8. The summed E-state index contributed by atoms with van der Waals surface area (Å²) >= 11 is 4.24. The highest BCUT2D eigenvalue weighted by molar-refractivity contribution is 7.99. The number of carbonyl (C=O) groups excluding carboxylic acids is 2. The standard InChI is InChI=1S/C20H20N4O4S3/c1-3-11-15(18(26)28-4-2)12(22-19(27)21-11)9-31-20-23-16(25)14-10(8-30-17(14)24-20)13-6-5-7-29-13/h5-8,11H,3-4,9H2,1-2H3,(H2,21,22,27)(H,23,24,25). The molecule has 0 bridgehead atoms. The Morgan fingerprint density at radius 3 is 2.84 bits per heavy atom. The molecule has 1 unspecified atom stereocenters. The number of hydrogen-bond donors (Lipinski definition) is 3. The quantitative estimate of drug-likeness (QED) is 0.272. The molecule has 4 heterocycles. The molecule has 11 heteroatoms. The summed E-state index contributed by atoms with van der Waals surface area (Å²) in [6.07, 6.45) is 0.553. The number of thioether (sulfide) groups is 1. The van der Waals surface area contributed by atoms with E-state index in [0.29, 0.717) is 33.1 Å². The Kier molecular flexibility index (Phi) is 6.44. The second kappa shape index (κ2) is 9.25. The third kappa shape index (κ3) is 4.39. The number of aromatic nitrogens is 2. The van der Waals surface area contributed by atoms with Crippen molar-refractivity contribution in [2.75, 3.05) is 12.4 Å². The van der Waals surface area contributed by atoms with E-state index in [1.807, 2.05) is 29.8 Å². The molecule has 1 aliphatic heterocycles. The molecule has 3 aromatic rings. The lowest BCUT2D eigenvalue weighted by Gasteiger charge is -2.28. The molecular formula is C20H20N4O4S3. The highest BCUT2D eigenvalue weighted by Gasteiger charge is 2.31. The fraction of sp³-hybridized carbons (Fsp3) is 0.300. The van der Waals surface area contributed by atoms with Crippen molar-refractivity contribution in [3.8, 4) is 10.4 Å². The molecule has 0 saturated carbocycles. The Labute approximate surface area is 190 Å². The number of thiophene rings is 2. The van der Waals surface area contributed by atoms with Crippen molar-refractivity contribution in [3.05, 3.63) is 44.5 Å². The van der Waals surface area contributed by atoms with Crippen LogP contribution in [0.3, 0.4) is 0 Å². The highest BCUT2D eigenvalue weighted by Crippen LogP contribution is 2.34. The van der Waals surface area contributed by atoms with Gasteiger partial charge in [-0.05, 0) is 24.8 Å². The summed E-state index contributed by atoms with van der Waals surface area (Å²) in [6.45, 7) is 3.86. The zero-order valence-electron chi connectivity index (χ0n) is 16.8. The first-order valence-electron chi connectivity index (χ1n) is 9.67. The zero-order chi connectivity index (χ0) is 22.0. The summed E-state index contributed by atoms with van der Waals surface area (Å²) in [5.41, 5.74) is 1.53. The molecule has 2 amide bonds. The molecule has 0 fully saturated rings. The van der Waals surface area contributed by atoms with Gasteiger partial charge in [-0.15, -0.1) is 22.7 Å². The van der Waals surface area contributed by atoms with E-state index in [0.717, 1.165) is 10.4 Å². The lowest BCUT2D eigenvalue weighted by Crippen LogP contribution is -2.50. The summed E-state index contributed by atoms with van der Waals surface area (Å²) < 4.78 is 5.18. The van der Waals surface area contributed by atoms with Crippen molar-refractivity contribution in [2.24, 2.45) is 0 Å². The van der Waals surface area contributed by atoms with Crippen LogP contribution >= 0.6 is 34.4 Å². The topological polar surface area (TPSA) is 113 Å². The van der Waals surface area contributed by atoms with Gasteiger partial charge < -0.3 is 20.4 Å². The summed E-state index contributed by atoms with van der Waals surface area (Å²) in [6, 6.07) is 3.12. The smallest absolute Gasteiger partial charge is 0.337 e. The van der Waals surface area contributed by atoms with Crippen LogP contribution in [0.15, 0.2) is 44.1 Å². The van der Waals surface area contributed by atoms with Crippen molar-refractivity contribution in [2.45, 2.75) is 31.5 Å². The number of H-pyrrole nitrogens is 1. The molecule has 3 N–H and O–H groups in total. The number of urea groups is 1. The number of rotatable bonds is 7. The largest absolute Gasteiger partial charge is 0.463 e. The predicted molar refractivity (Wildman–Crippen MR) is 124 cm³/mol. The number of aromatic amines is 1. The average Bonchev–Trinajstić information content (AvgIpc) is 3.41. The molecule has 1 atom stereocenters. The van der Waals surface area contributed by atoms with Gasteiger partial charge in [0.2, 0.25) is 0 Å². The second-order valence-electron chi connectivity index (χ2n) is 6.64. The average molecular weight is 477 g/mol. The minimum absolute atomic E-state index is 0.211. The molecule has 3 aromatic heterocycles. The lowest BCUT2D eigenvalue weighted by atomic mass is 10.0. The Morgan fingerprint density at radius 1 is 1.29 bits per heavy atom. The van der Waals surface area contributed by atoms with Crippen LogP contribution in [0.5, 0.6) is 0 Å². The Balaban J connectivity index is 1.63. The number of nitrogens with zero attached hydrogens (tertiary/aromatic N) is 1. The predicted octanol–water partition coefficient (Wildman–Crippen LogP) is 3.71. The summed E-state index contributed by atoms with van der Waals surface area (Å²) in [5, 5.41) is 10.4. The van der Waals surface area contributed by atoms with Crippen LogP contribution in [0.1, 0.15) is 20.3 Å². The van der Waals surface area contributed by atoms with Gasteiger partial charge in [-0.1, -0.05) is 24.8 Å². The van der Waals surface area contributed by atoms with Crippen LogP contribution in [-0.2, 0) is 9.53 Å². The third-order valence-corrected chi connectivity index (χ3v) is 7.38. The summed E-state index contributed by atoms with van der Waals surface area (Å²) in [4.78, 5) is 46.4. The van der Waals surface area contributed by atoms with Crippen LogP contribution in [0, 0.1) is 0 Å². The van der Waals surface area contributed by atoms with Crippen LogP contribution in [0.25, 0.3) is 20.7 Å². The minimum Gasteiger partial charge on any atom is -0.463 e. The van der Waals surface area contributed by atoms with Crippen LogP contribution in [0.2, 0.25) is 0 Å². The third-order valence-electron chi connectivity index (χ3n) is 4.71. The van der Waals surface area contributed by atoms with Crippen molar-refractivity contribution in [1.29, 1.82) is 0 Å². The second-order valence-corrected chi connectivity index (χ2v) is 9.41. The summed E-state index contributed by atoms with van der Waals surface area (Å²) in [7, 11) is 0. The van der Waals surface area contributed by atoms with E-state index in [2.05, 4.69) is 20.6 Å². The normalized spacial score (nSPS) is 16.3. The van der Waals surface area contributed by atoms with Crippen molar-refractivity contribution in [1.82, 2.24) is 20.6 Å². The van der Waals surface area contributed by atoms with Crippen LogP contribution < -0.4 is 16.2 Å². The number of amides is 2. The molecule has 31 heavy (non-hydrogen) atoms. The first-order valence-corrected chi connectivity index (χ1v) is 12.4. The fourth-order valence-electron chi connectivity index (χ4n) is 3.33. The van der Waals surface area contributed by atoms with E-state index >= 15 is 0 Å². The van der Waals surface area contributed by atoms with Gasteiger partial charge in [0.25, 0.3) is 5.56 Å². The number of hydrogen-bond acceptors (Lipinski definition) is 8. The maximum absolute atomic E-state index is 12.8. The van der Waals surface area contributed by atoms with E-state index in [1.54, 1.807) is 18.3 Å². The van der Waals surface area contributed by atoms with Crippen molar-refractivity contribution < 1.29 is 14.3 Å². The zero-order valence-corrected chi connectivity index (χ0v) is 19.3. The van der Waals surface area contributed by atoms with Crippen molar-refractivity contribution >= 4 is 56.7 Å². The van der Waals surface area contributed by atoms with Gasteiger partial charge >= 0.3 is 12.0 Å². The van der Waals surface area contributed by atoms with E-state index in [9.17, 15) is 14.4 Å². The van der Waals surface area contributed by atoms with Gasteiger partial charge in [-0.2, -0.15) is 0 Å². The number of fused-ring (bicyclic) bond motifs is 1. The number of carbonyl (C=O) groups is 2. The molecule has 0 radical (unpaired) electrons. The van der Waals surface area contributed by atoms with Gasteiger partial charge in [0.1, 0.15) is 4.83 Å². The monoisotopic (exact) mass is 476 g/mol. The van der Waals surface area contributed by atoms with Gasteiger partial charge in [-0.25, -0.2) is 14.6 Å². The lowest BCUT2D eigenvalue weighted by molar-refractivity contribution is -0.139. The Morgan fingerprint density at radius 2 is 2.13 bits per heavy atom. The van der Waals surface area contributed by atoms with Gasteiger partial charge in [0.15, 0.2) is 5.16 Å². The van der Waals surface area contributed by atoms with E-state index in [-0.39, 0.29) is 24.0 Å². The molecule has 162 valence electrons. The Bertz CT molecular complexity index is 1210. The molecule has 1 aliphatic rings. The molecule has 0 aliphatic carbocycles. The van der Waals surface area contributed by atoms with E-state index in [1.165, 1.54) is 23.1 Å². The van der Waals surface area contributed by atoms with Crippen LogP contribution in [-0.4, -0.2) is 40.4 Å². The molecule has 8 nitrogen and oxygen atoms in total. The number of ether oxygens (including phenoxy) is 1. The van der Waals surface area contributed by atoms with Gasteiger partial charge in [0.05, 0.1) is 23.6 Å². The number of nitrogens with one attached hydrogen (secondary N) is 3. The van der Waals surface area contributed by atoms with E-state index in [4.69, 9.17) is 4.74 Å². The fourth-order valence-corrected chi connectivity index (χ4v) is 5.98. The molecule has 4 rings (SSSR count). The minimum atomic E-state index is -0.465. The summed E-state index contributed by atoms with van der Waals surface area (Å²) in [5.74, 6) is -0.205. The highest BCUT2D eigenvalue weighted by atomic mass is 32.2. The molecule has 0 saturated heterocycles. The molecular weight excluding hydrogens is 456 g/mol.